The fourth-order valence-electron chi connectivity index (χ4n) is 2.68. The van der Waals surface area contributed by atoms with Crippen molar-refractivity contribution < 1.29 is 4.79 Å². The molecule has 2 heterocycles. The lowest BCUT2D eigenvalue weighted by molar-refractivity contribution is -0.132. The first kappa shape index (κ1) is 12.7. The third kappa shape index (κ3) is 2.18. The predicted molar refractivity (Wildman–Crippen MR) is 82.8 cm³/mol. The van der Waals surface area contributed by atoms with Crippen molar-refractivity contribution in [2.45, 2.75) is 18.9 Å². The number of piperidine rings is 1. The number of benzene rings is 1. The van der Waals surface area contributed by atoms with Gasteiger partial charge >= 0.3 is 0 Å². The largest absolute Gasteiger partial charge is 0.369 e. The number of nitrogens with two attached hydrogens (primary N) is 1. The third-order valence-electron chi connectivity index (χ3n) is 3.65. The number of carbonyl (C=O) groups excluding carboxylic acids is 1. The Morgan fingerprint density at radius 3 is 3.00 bits per heavy atom. The molecule has 0 spiro atoms. The molecule has 3 rings (SSSR count). The fraction of sp³-hybridized carbons (Fsp3) is 0.385. The number of amides is 1. The summed E-state index contributed by atoms with van der Waals surface area (Å²) in [5, 5.41) is 0. The Morgan fingerprint density at radius 2 is 2.26 bits per heavy atom. The summed E-state index contributed by atoms with van der Waals surface area (Å²) in [6.45, 7) is 0.695. The average molecular weight is 370 g/mol. The molecule has 0 saturated carbocycles. The summed E-state index contributed by atoms with van der Waals surface area (Å²) in [6.07, 6.45) is 1.40. The van der Waals surface area contributed by atoms with E-state index in [1.165, 1.54) is 0 Å². The van der Waals surface area contributed by atoms with E-state index in [1.54, 1.807) is 4.90 Å². The Labute approximate surface area is 124 Å². The highest BCUT2D eigenvalue weighted by molar-refractivity contribution is 14.1. The molecule has 5 nitrogen and oxygen atoms in total. The number of rotatable bonds is 1. The number of fused-ring (bicyclic) bond motifs is 1. The van der Waals surface area contributed by atoms with Gasteiger partial charge in [-0.3, -0.25) is 4.79 Å². The quantitative estimate of drug-likeness (QED) is 0.782. The predicted octanol–water partition coefficient (Wildman–Crippen LogP) is 2.02. The molecular formula is C13H15IN4O. The van der Waals surface area contributed by atoms with Crippen LogP contribution in [0, 0.1) is 3.57 Å². The van der Waals surface area contributed by atoms with Gasteiger partial charge in [0.25, 0.3) is 0 Å². The summed E-state index contributed by atoms with van der Waals surface area (Å²) in [7, 11) is 1.84. The van der Waals surface area contributed by atoms with Gasteiger partial charge < -0.3 is 15.2 Å². The van der Waals surface area contributed by atoms with E-state index < -0.39 is 0 Å². The van der Waals surface area contributed by atoms with Crippen LogP contribution in [-0.2, 0) is 4.79 Å². The molecule has 2 N–H and O–H groups in total. The van der Waals surface area contributed by atoms with Gasteiger partial charge in [-0.1, -0.05) is 0 Å². The van der Waals surface area contributed by atoms with Crippen LogP contribution in [0.5, 0.6) is 0 Å². The molecule has 1 aliphatic heterocycles. The first-order valence-electron chi connectivity index (χ1n) is 6.23. The van der Waals surface area contributed by atoms with E-state index in [1.807, 2.05) is 13.1 Å². The zero-order valence-electron chi connectivity index (χ0n) is 10.6. The van der Waals surface area contributed by atoms with Crippen LogP contribution in [0.1, 0.15) is 18.9 Å². The topological polar surface area (TPSA) is 64.2 Å². The van der Waals surface area contributed by atoms with Crippen molar-refractivity contribution in [2.75, 3.05) is 19.3 Å². The summed E-state index contributed by atoms with van der Waals surface area (Å²) in [5.41, 5.74) is 8.03. The van der Waals surface area contributed by atoms with Crippen LogP contribution in [0.3, 0.4) is 0 Å². The molecule has 0 radical (unpaired) electrons. The molecule has 1 saturated heterocycles. The van der Waals surface area contributed by atoms with Crippen molar-refractivity contribution in [2.24, 2.45) is 0 Å². The molecule has 1 amide bonds. The number of nitrogens with zero attached hydrogens (tertiary/aromatic N) is 3. The number of nitrogen functional groups attached to an aromatic ring is 1. The van der Waals surface area contributed by atoms with Gasteiger partial charge in [0.1, 0.15) is 0 Å². The first-order chi connectivity index (χ1) is 9.06. The normalized spacial score (nSPS) is 20.2. The second-order valence-electron chi connectivity index (χ2n) is 4.94. The number of hydrogen-bond donors (Lipinski definition) is 1. The lowest BCUT2D eigenvalue weighted by Gasteiger charge is -2.31. The van der Waals surface area contributed by atoms with Crippen LogP contribution >= 0.6 is 22.6 Å². The van der Waals surface area contributed by atoms with Gasteiger partial charge in [0.15, 0.2) is 0 Å². The van der Waals surface area contributed by atoms with Crippen molar-refractivity contribution in [3.63, 3.8) is 0 Å². The molecule has 1 atom stereocenters. The highest BCUT2D eigenvalue weighted by atomic mass is 127. The SMILES string of the molecule is CN1CC(n2c(N)nc3cc(I)ccc32)CCC1=O. The summed E-state index contributed by atoms with van der Waals surface area (Å²) in [4.78, 5) is 17.8. The van der Waals surface area contributed by atoms with E-state index in [9.17, 15) is 4.79 Å². The maximum atomic E-state index is 11.6. The van der Waals surface area contributed by atoms with Crippen molar-refractivity contribution in [1.82, 2.24) is 14.5 Å². The summed E-state index contributed by atoms with van der Waals surface area (Å²) in [6, 6.07) is 6.35. The monoisotopic (exact) mass is 370 g/mol. The van der Waals surface area contributed by atoms with Gasteiger partial charge in [0.05, 0.1) is 17.1 Å². The molecule has 1 fully saturated rings. The first-order valence-corrected chi connectivity index (χ1v) is 7.31. The summed E-state index contributed by atoms with van der Waals surface area (Å²) in [5.74, 6) is 0.735. The van der Waals surface area contributed by atoms with E-state index in [-0.39, 0.29) is 11.9 Å². The van der Waals surface area contributed by atoms with Crippen molar-refractivity contribution in [3.8, 4) is 0 Å². The second kappa shape index (κ2) is 4.66. The number of imidazole rings is 1. The summed E-state index contributed by atoms with van der Waals surface area (Å²) < 4.78 is 3.21. The van der Waals surface area contributed by atoms with Crippen LogP contribution in [0.15, 0.2) is 18.2 Å². The Hall–Kier alpha value is -1.31. The fourth-order valence-corrected chi connectivity index (χ4v) is 3.15. The minimum absolute atomic E-state index is 0.203. The van der Waals surface area contributed by atoms with E-state index in [2.05, 4.69) is 44.3 Å². The van der Waals surface area contributed by atoms with Gasteiger partial charge in [-0.25, -0.2) is 4.98 Å². The lowest BCUT2D eigenvalue weighted by atomic mass is 10.1. The third-order valence-corrected chi connectivity index (χ3v) is 4.32. The lowest BCUT2D eigenvalue weighted by Crippen LogP contribution is -2.38. The molecule has 1 aromatic carbocycles. The number of aromatic nitrogens is 2. The zero-order valence-corrected chi connectivity index (χ0v) is 12.8. The van der Waals surface area contributed by atoms with Gasteiger partial charge in [0.2, 0.25) is 11.9 Å². The van der Waals surface area contributed by atoms with Crippen LogP contribution in [0.4, 0.5) is 5.95 Å². The Bertz CT molecular complexity index is 651. The molecule has 1 unspecified atom stereocenters. The molecule has 6 heteroatoms. The highest BCUT2D eigenvalue weighted by Gasteiger charge is 2.26. The van der Waals surface area contributed by atoms with Gasteiger partial charge in [-0.2, -0.15) is 0 Å². The van der Waals surface area contributed by atoms with Gasteiger partial charge in [0, 0.05) is 23.6 Å². The molecule has 0 aliphatic carbocycles. The Kier molecular flexibility index (Phi) is 3.12. The standard InChI is InChI=1S/C13H15IN4O/c1-17-7-9(3-5-12(17)19)18-11-4-2-8(14)6-10(11)16-13(18)15/h2,4,6,9H,3,5,7H2,1H3,(H2,15,16). The smallest absolute Gasteiger partial charge is 0.222 e. The number of hydrogen-bond acceptors (Lipinski definition) is 3. The number of likely N-dealkylation sites (N-methyl/N-ethyl adjacent to an activating group) is 1. The van der Waals surface area contributed by atoms with E-state index >= 15 is 0 Å². The Balaban J connectivity index is 2.05. The van der Waals surface area contributed by atoms with Crippen LogP contribution < -0.4 is 5.73 Å². The van der Waals surface area contributed by atoms with Gasteiger partial charge in [-0.05, 0) is 47.2 Å². The van der Waals surface area contributed by atoms with Gasteiger partial charge in [-0.15, -0.1) is 0 Å². The maximum absolute atomic E-state index is 11.6. The molecule has 19 heavy (non-hydrogen) atoms. The molecule has 2 aromatic rings. The zero-order chi connectivity index (χ0) is 13.6. The number of anilines is 1. The van der Waals surface area contributed by atoms with E-state index in [0.717, 1.165) is 21.0 Å². The number of halogens is 1. The van der Waals surface area contributed by atoms with E-state index in [0.29, 0.717) is 18.9 Å². The van der Waals surface area contributed by atoms with Crippen molar-refractivity contribution >= 4 is 45.5 Å². The molecule has 1 aromatic heterocycles. The molecule has 1 aliphatic rings. The molecular weight excluding hydrogens is 355 g/mol. The average Bonchev–Trinajstić information content (AvgIpc) is 2.68. The second-order valence-corrected chi connectivity index (χ2v) is 6.19. The van der Waals surface area contributed by atoms with Crippen molar-refractivity contribution in [1.29, 1.82) is 0 Å². The van der Waals surface area contributed by atoms with Crippen LogP contribution in [0.25, 0.3) is 11.0 Å². The number of carbonyl (C=O) groups is 1. The maximum Gasteiger partial charge on any atom is 0.222 e. The minimum atomic E-state index is 0.203. The molecule has 100 valence electrons. The van der Waals surface area contributed by atoms with E-state index in [4.69, 9.17) is 5.73 Å². The number of likely N-dealkylation sites (tertiary alicyclic amines) is 1. The highest BCUT2D eigenvalue weighted by Crippen LogP contribution is 2.29. The molecule has 0 bridgehead atoms. The summed E-state index contributed by atoms with van der Waals surface area (Å²) >= 11 is 2.27. The van der Waals surface area contributed by atoms with Crippen molar-refractivity contribution in [3.05, 3.63) is 21.8 Å². The Morgan fingerprint density at radius 1 is 1.47 bits per heavy atom. The van der Waals surface area contributed by atoms with Crippen LogP contribution in [0.2, 0.25) is 0 Å². The van der Waals surface area contributed by atoms with Crippen LogP contribution in [-0.4, -0.2) is 34.0 Å². The minimum Gasteiger partial charge on any atom is -0.369 e.